The fourth-order valence-electron chi connectivity index (χ4n) is 0.802. The van der Waals surface area contributed by atoms with E-state index in [1.54, 1.807) is 0 Å². The SMILES string of the molecule is CNCCC(C(F)(F)F)C(F)(F)F. The van der Waals surface area contributed by atoms with Crippen LogP contribution in [0, 0.1) is 5.92 Å². The van der Waals surface area contributed by atoms with Gasteiger partial charge in [-0.05, 0) is 20.0 Å². The molecule has 0 atom stereocenters. The molecule has 0 bridgehead atoms. The van der Waals surface area contributed by atoms with E-state index in [9.17, 15) is 26.3 Å². The number of nitrogens with one attached hydrogen (secondary N) is 1. The van der Waals surface area contributed by atoms with E-state index in [0.29, 0.717) is 0 Å². The summed E-state index contributed by atoms with van der Waals surface area (Å²) in [6, 6.07) is 0. The van der Waals surface area contributed by atoms with Crippen LogP contribution in [-0.2, 0) is 0 Å². The summed E-state index contributed by atoms with van der Waals surface area (Å²) >= 11 is 0. The minimum absolute atomic E-state index is 0.316. The molecule has 0 spiro atoms. The molecule has 1 nitrogen and oxygen atoms in total. The molecule has 0 aromatic rings. The van der Waals surface area contributed by atoms with Gasteiger partial charge in [0.15, 0.2) is 5.92 Å². The third-order valence-electron chi connectivity index (χ3n) is 1.47. The first-order valence-corrected chi connectivity index (χ1v) is 3.47. The van der Waals surface area contributed by atoms with Crippen LogP contribution in [0.2, 0.25) is 0 Å². The highest BCUT2D eigenvalue weighted by Gasteiger charge is 2.55. The lowest BCUT2D eigenvalue weighted by molar-refractivity contribution is -0.285. The molecule has 13 heavy (non-hydrogen) atoms. The molecule has 0 aromatic carbocycles. The second-order valence-corrected chi connectivity index (χ2v) is 2.53. The van der Waals surface area contributed by atoms with Crippen molar-refractivity contribution in [2.24, 2.45) is 5.92 Å². The molecule has 0 radical (unpaired) electrons. The first kappa shape index (κ1) is 12.5. The number of hydrogen-bond donors (Lipinski definition) is 1. The van der Waals surface area contributed by atoms with E-state index in [1.807, 2.05) is 0 Å². The monoisotopic (exact) mass is 209 g/mol. The van der Waals surface area contributed by atoms with Crippen molar-refractivity contribution in [2.45, 2.75) is 18.8 Å². The highest BCUT2D eigenvalue weighted by atomic mass is 19.4. The van der Waals surface area contributed by atoms with E-state index < -0.39 is 24.7 Å². The van der Waals surface area contributed by atoms with Gasteiger partial charge < -0.3 is 5.32 Å². The Kier molecular flexibility index (Phi) is 4.02. The summed E-state index contributed by atoms with van der Waals surface area (Å²) in [6.45, 7) is -0.316. The number of rotatable bonds is 3. The van der Waals surface area contributed by atoms with Gasteiger partial charge in [-0.25, -0.2) is 0 Å². The van der Waals surface area contributed by atoms with E-state index in [0.717, 1.165) is 0 Å². The maximum atomic E-state index is 11.8. The smallest absolute Gasteiger partial charge is 0.320 e. The Hall–Kier alpha value is -0.460. The van der Waals surface area contributed by atoms with Gasteiger partial charge in [-0.15, -0.1) is 0 Å². The van der Waals surface area contributed by atoms with E-state index in [4.69, 9.17) is 0 Å². The molecule has 0 aliphatic rings. The molecular weight excluding hydrogens is 200 g/mol. The zero-order valence-electron chi connectivity index (χ0n) is 6.76. The van der Waals surface area contributed by atoms with E-state index >= 15 is 0 Å². The lowest BCUT2D eigenvalue weighted by Crippen LogP contribution is -2.38. The Balaban J connectivity index is 4.39. The lowest BCUT2D eigenvalue weighted by Gasteiger charge is -2.22. The molecule has 0 saturated carbocycles. The fraction of sp³-hybridized carbons (Fsp3) is 1.00. The molecular formula is C6H9F6N. The summed E-state index contributed by atoms with van der Waals surface area (Å²) in [6.07, 6.45) is -11.4. The Morgan fingerprint density at radius 1 is 1.00 bits per heavy atom. The Morgan fingerprint density at radius 2 is 1.38 bits per heavy atom. The Labute approximate surface area is 71.1 Å². The maximum Gasteiger partial charge on any atom is 0.400 e. The summed E-state index contributed by atoms with van der Waals surface area (Å²) in [5.74, 6) is -3.23. The largest absolute Gasteiger partial charge is 0.400 e. The van der Waals surface area contributed by atoms with Crippen molar-refractivity contribution in [3.63, 3.8) is 0 Å². The summed E-state index contributed by atoms with van der Waals surface area (Å²) in [4.78, 5) is 0. The topological polar surface area (TPSA) is 12.0 Å². The van der Waals surface area contributed by atoms with Crippen molar-refractivity contribution >= 4 is 0 Å². The number of alkyl halides is 6. The summed E-state index contributed by atoms with van der Waals surface area (Å²) < 4.78 is 70.7. The standard InChI is InChI=1S/C6H9F6N/c1-13-3-2-4(5(7,8)9)6(10,11)12/h4,13H,2-3H2,1H3. The minimum atomic E-state index is -5.21. The van der Waals surface area contributed by atoms with Gasteiger partial charge in [-0.2, -0.15) is 26.3 Å². The molecule has 0 fully saturated rings. The minimum Gasteiger partial charge on any atom is -0.320 e. The van der Waals surface area contributed by atoms with Gasteiger partial charge in [0.1, 0.15) is 0 Å². The molecule has 80 valence electrons. The van der Waals surface area contributed by atoms with Crippen molar-refractivity contribution in [2.75, 3.05) is 13.6 Å². The molecule has 0 aliphatic heterocycles. The highest BCUT2D eigenvalue weighted by Crippen LogP contribution is 2.40. The molecule has 0 unspecified atom stereocenters. The molecule has 1 N–H and O–H groups in total. The predicted molar refractivity (Wildman–Crippen MR) is 34.1 cm³/mol. The van der Waals surface area contributed by atoms with Crippen molar-refractivity contribution in [1.29, 1.82) is 0 Å². The van der Waals surface area contributed by atoms with Crippen molar-refractivity contribution in [1.82, 2.24) is 5.32 Å². The zero-order chi connectivity index (χ0) is 10.7. The van der Waals surface area contributed by atoms with Crippen LogP contribution < -0.4 is 5.32 Å². The Morgan fingerprint density at radius 3 is 1.62 bits per heavy atom. The van der Waals surface area contributed by atoms with Crippen LogP contribution in [0.15, 0.2) is 0 Å². The molecule has 7 heteroatoms. The molecule has 0 rings (SSSR count). The van der Waals surface area contributed by atoms with Crippen LogP contribution in [0.4, 0.5) is 26.3 Å². The molecule has 0 heterocycles. The highest BCUT2D eigenvalue weighted by molar-refractivity contribution is 4.75. The first-order valence-electron chi connectivity index (χ1n) is 3.47. The average molecular weight is 209 g/mol. The van der Waals surface area contributed by atoms with Crippen molar-refractivity contribution in [3.05, 3.63) is 0 Å². The second kappa shape index (κ2) is 4.17. The van der Waals surface area contributed by atoms with Gasteiger partial charge in [0.2, 0.25) is 0 Å². The van der Waals surface area contributed by atoms with Gasteiger partial charge >= 0.3 is 12.4 Å². The van der Waals surface area contributed by atoms with Crippen LogP contribution in [-0.4, -0.2) is 25.9 Å². The van der Waals surface area contributed by atoms with Crippen LogP contribution in [0.25, 0.3) is 0 Å². The fourth-order valence-corrected chi connectivity index (χ4v) is 0.802. The molecule has 0 aliphatic carbocycles. The predicted octanol–water partition coefficient (Wildman–Crippen LogP) is 2.34. The second-order valence-electron chi connectivity index (χ2n) is 2.53. The quantitative estimate of drug-likeness (QED) is 0.703. The van der Waals surface area contributed by atoms with Gasteiger partial charge in [-0.1, -0.05) is 0 Å². The molecule has 0 amide bonds. The normalized spacial score (nSPS) is 13.8. The molecule has 0 aromatic heterocycles. The maximum absolute atomic E-state index is 11.8. The Bertz CT molecular complexity index is 134. The van der Waals surface area contributed by atoms with Crippen molar-refractivity contribution < 1.29 is 26.3 Å². The van der Waals surface area contributed by atoms with E-state index in [1.165, 1.54) is 7.05 Å². The van der Waals surface area contributed by atoms with E-state index in [2.05, 4.69) is 5.32 Å². The van der Waals surface area contributed by atoms with Gasteiger partial charge in [0.25, 0.3) is 0 Å². The third-order valence-corrected chi connectivity index (χ3v) is 1.47. The zero-order valence-corrected chi connectivity index (χ0v) is 6.76. The molecule has 0 saturated heterocycles. The number of halogens is 6. The summed E-state index contributed by atoms with van der Waals surface area (Å²) in [5.41, 5.74) is 0. The van der Waals surface area contributed by atoms with Gasteiger partial charge in [0, 0.05) is 0 Å². The van der Waals surface area contributed by atoms with Crippen LogP contribution in [0.3, 0.4) is 0 Å². The third kappa shape index (κ3) is 4.35. The van der Waals surface area contributed by atoms with Crippen LogP contribution in [0.5, 0.6) is 0 Å². The van der Waals surface area contributed by atoms with Gasteiger partial charge in [-0.3, -0.25) is 0 Å². The summed E-state index contributed by atoms with van der Waals surface area (Å²) in [5, 5.41) is 2.24. The first-order chi connectivity index (χ1) is 5.69. The average Bonchev–Trinajstić information content (AvgIpc) is 1.81. The van der Waals surface area contributed by atoms with Crippen LogP contribution in [0.1, 0.15) is 6.42 Å². The van der Waals surface area contributed by atoms with Crippen LogP contribution >= 0.6 is 0 Å². The number of hydrogen-bond acceptors (Lipinski definition) is 1. The van der Waals surface area contributed by atoms with Gasteiger partial charge in [0.05, 0.1) is 0 Å². The van der Waals surface area contributed by atoms with E-state index in [-0.39, 0.29) is 6.54 Å². The van der Waals surface area contributed by atoms with Crippen molar-refractivity contribution in [3.8, 4) is 0 Å². The summed E-state index contributed by atoms with van der Waals surface area (Å²) in [7, 11) is 1.30. The lowest BCUT2D eigenvalue weighted by atomic mass is 10.0.